The van der Waals surface area contributed by atoms with Gasteiger partial charge in [0.15, 0.2) is 0 Å². The molecule has 9 unspecified atom stereocenters. The van der Waals surface area contributed by atoms with Gasteiger partial charge in [-0.15, -0.1) is 0 Å². The highest BCUT2D eigenvalue weighted by molar-refractivity contribution is 5.78. The summed E-state index contributed by atoms with van der Waals surface area (Å²) in [5, 5.41) is 8.83. The van der Waals surface area contributed by atoms with Crippen molar-refractivity contribution in [3.63, 3.8) is 0 Å². The summed E-state index contributed by atoms with van der Waals surface area (Å²) >= 11 is 0. The number of nitrogens with one attached hydrogen (secondary N) is 3. The third-order valence-corrected chi connectivity index (χ3v) is 26.9. The average molecular weight is 1700 g/mol. The molecular weight excluding hydrogens is 1530 g/mol. The maximum atomic E-state index is 13.2. The SMILES string of the molecule is COC1C(OC(=O)CCCCCCCNC(=O)CCC(C)C)CC[C@]2(CO2)C1[C@@]1(C)O[C@@H]1CC=C(C)C.COC1C(OC(=O)CCCCCCCNC(=O)CCC(C)C)CC[C@]2(CO2)C1[C@@]1(C)O[C@@H]1CC=C(C)C.COC1C(OC(=O)C[C@@H](COC(=O)NCCCCCCCC(=O)CCC(C)C)C(C)C)CC[C@]2(CO2)C1[C@@]1(C)O[C@@H]1CC=C(C)C.[HH].[HH].[HH]. The summed E-state index contributed by atoms with van der Waals surface area (Å²) in [6.45, 7) is 40.3. The molecular formula is C97H171N3O20. The van der Waals surface area contributed by atoms with Crippen LogP contribution in [0.1, 0.15) is 340 Å². The number of carbonyl (C=O) groups is 7. The first kappa shape index (κ1) is 102. The molecule has 23 nitrogen and oxygen atoms in total. The van der Waals surface area contributed by atoms with Crippen LogP contribution in [0.2, 0.25) is 0 Å². The predicted molar refractivity (Wildman–Crippen MR) is 473 cm³/mol. The molecule has 9 aliphatic rings. The molecule has 694 valence electrons. The summed E-state index contributed by atoms with van der Waals surface area (Å²) in [5.74, 6) is 1.85. The normalized spacial score (nSPS) is 31.0. The lowest BCUT2D eigenvalue weighted by molar-refractivity contribution is -0.173. The molecule has 3 saturated carbocycles. The van der Waals surface area contributed by atoms with Gasteiger partial charge < -0.3 is 77.5 Å². The zero-order valence-corrected chi connectivity index (χ0v) is 78.2. The number of rotatable bonds is 53. The van der Waals surface area contributed by atoms with Crippen LogP contribution in [-0.2, 0) is 90.3 Å². The number of esters is 3. The smallest absolute Gasteiger partial charge is 0.407 e. The molecule has 6 aliphatic heterocycles. The molecule has 3 spiro atoms. The Morgan fingerprint density at radius 1 is 0.408 bits per heavy atom. The van der Waals surface area contributed by atoms with Crippen LogP contribution in [0.4, 0.5) is 4.79 Å². The molecule has 0 aromatic rings. The summed E-state index contributed by atoms with van der Waals surface area (Å²) < 4.78 is 78.3. The zero-order valence-electron chi connectivity index (χ0n) is 78.2. The van der Waals surface area contributed by atoms with Gasteiger partial charge in [-0.25, -0.2) is 4.79 Å². The number of ketones is 1. The Morgan fingerprint density at radius 3 is 1.03 bits per heavy atom. The average Bonchev–Trinajstić information content (AvgIpc) is 1.54. The molecule has 3 aliphatic carbocycles. The lowest BCUT2D eigenvalue weighted by Crippen LogP contribution is -2.55. The summed E-state index contributed by atoms with van der Waals surface area (Å²) in [4.78, 5) is 86.4. The van der Waals surface area contributed by atoms with Gasteiger partial charge in [0.25, 0.3) is 0 Å². The number of epoxide rings is 6. The molecule has 0 aromatic carbocycles. The van der Waals surface area contributed by atoms with Crippen LogP contribution in [-0.4, -0.2) is 198 Å². The third-order valence-electron chi connectivity index (χ3n) is 26.9. The second-order valence-corrected chi connectivity index (χ2v) is 39.5. The highest BCUT2D eigenvalue weighted by Crippen LogP contribution is 2.63. The lowest BCUT2D eigenvalue weighted by atomic mass is 9.68. The Morgan fingerprint density at radius 2 is 0.717 bits per heavy atom. The number of Topliss-reactive ketones (excluding diaryl/α,β-unsaturated/α-hetero) is 1. The molecule has 23 heteroatoms. The number of hydrogen-bond donors (Lipinski definition) is 3. The van der Waals surface area contributed by atoms with E-state index in [1.54, 1.807) is 21.3 Å². The van der Waals surface area contributed by atoms with E-state index in [0.29, 0.717) is 81.6 Å². The van der Waals surface area contributed by atoms with Crippen molar-refractivity contribution in [3.05, 3.63) is 34.9 Å². The summed E-state index contributed by atoms with van der Waals surface area (Å²) in [7, 11) is 5.10. The first-order valence-corrected chi connectivity index (χ1v) is 47.0. The molecule has 0 radical (unpaired) electrons. The summed E-state index contributed by atoms with van der Waals surface area (Å²) in [6, 6.07) is 0. The fraction of sp³-hybridized carbons (Fsp3) is 0.866. The maximum absolute atomic E-state index is 13.2. The Labute approximate surface area is 727 Å². The minimum absolute atomic E-state index is 0. The molecule has 9 rings (SSSR count). The monoisotopic (exact) mass is 1700 g/mol. The zero-order chi connectivity index (χ0) is 88.0. The van der Waals surface area contributed by atoms with Crippen molar-refractivity contribution < 1.29 is 99.4 Å². The van der Waals surface area contributed by atoms with Crippen LogP contribution in [0.15, 0.2) is 34.9 Å². The molecule has 9 fully saturated rings. The molecule has 3 amide bonds. The van der Waals surface area contributed by atoms with E-state index < -0.39 is 6.09 Å². The van der Waals surface area contributed by atoms with Crippen molar-refractivity contribution in [2.24, 2.45) is 47.3 Å². The Kier molecular flexibility index (Phi) is 42.0. The van der Waals surface area contributed by atoms with Crippen molar-refractivity contribution in [1.29, 1.82) is 0 Å². The number of alkyl carbamates (subject to hydrolysis) is 1. The maximum Gasteiger partial charge on any atom is 0.407 e. The van der Waals surface area contributed by atoms with Gasteiger partial charge in [-0.05, 0) is 202 Å². The second kappa shape index (κ2) is 49.3. The fourth-order valence-corrected chi connectivity index (χ4v) is 18.9. The molecule has 6 saturated heterocycles. The van der Waals surface area contributed by atoms with Crippen LogP contribution < -0.4 is 16.0 Å². The van der Waals surface area contributed by atoms with E-state index in [1.165, 1.54) is 16.7 Å². The van der Waals surface area contributed by atoms with E-state index in [2.05, 4.69) is 138 Å². The van der Waals surface area contributed by atoms with Gasteiger partial charge in [-0.2, -0.15) is 0 Å². The highest BCUT2D eigenvalue weighted by atomic mass is 16.7. The summed E-state index contributed by atoms with van der Waals surface area (Å²) in [6.07, 6.45) is 33.5. The van der Waals surface area contributed by atoms with E-state index in [9.17, 15) is 33.6 Å². The third kappa shape index (κ3) is 32.5. The highest BCUT2D eigenvalue weighted by Gasteiger charge is 2.75. The molecule has 19 atom stereocenters. The minimum atomic E-state index is -0.459. The van der Waals surface area contributed by atoms with Gasteiger partial charge in [0, 0.05) is 89.7 Å². The lowest BCUT2D eigenvalue weighted by Gasteiger charge is -2.42. The van der Waals surface area contributed by atoms with E-state index in [4.69, 9.17) is 61.6 Å². The Hall–Kier alpha value is -4.85. The number of ether oxygens (including phenoxy) is 13. The van der Waals surface area contributed by atoms with Crippen molar-refractivity contribution in [1.82, 2.24) is 16.0 Å². The number of unbranched alkanes of at least 4 members (excludes halogenated alkanes) is 12. The first-order valence-electron chi connectivity index (χ1n) is 47.0. The van der Waals surface area contributed by atoms with Crippen LogP contribution in [0.5, 0.6) is 0 Å². The predicted octanol–water partition coefficient (Wildman–Crippen LogP) is 19.1. The van der Waals surface area contributed by atoms with Crippen LogP contribution >= 0.6 is 0 Å². The van der Waals surface area contributed by atoms with Crippen LogP contribution in [0.3, 0.4) is 0 Å². The van der Waals surface area contributed by atoms with E-state index in [1.807, 2.05) is 13.8 Å². The van der Waals surface area contributed by atoms with Crippen LogP contribution in [0.25, 0.3) is 0 Å². The fourth-order valence-electron chi connectivity index (χ4n) is 18.9. The van der Waals surface area contributed by atoms with Gasteiger partial charge in [-0.3, -0.25) is 28.8 Å². The second-order valence-electron chi connectivity index (χ2n) is 39.5. The Bertz CT molecular complexity index is 3140. The van der Waals surface area contributed by atoms with Gasteiger partial charge in [-0.1, -0.05) is 148 Å². The van der Waals surface area contributed by atoms with Crippen molar-refractivity contribution in [3.8, 4) is 0 Å². The molecule has 120 heavy (non-hydrogen) atoms. The number of hydrogen-bond acceptors (Lipinski definition) is 20. The molecule has 0 bridgehead atoms. The van der Waals surface area contributed by atoms with E-state index >= 15 is 0 Å². The van der Waals surface area contributed by atoms with Crippen LogP contribution in [0, 0.1) is 47.3 Å². The van der Waals surface area contributed by atoms with E-state index in [0.717, 1.165) is 193 Å². The van der Waals surface area contributed by atoms with Gasteiger partial charge in [0.2, 0.25) is 11.8 Å². The number of allylic oxidation sites excluding steroid dienone is 3. The topological polar surface area (TPSA) is 295 Å². The summed E-state index contributed by atoms with van der Waals surface area (Å²) in [5.41, 5.74) is 2.15. The number of carbonyl (C=O) groups excluding carboxylic acids is 7. The Balaban J connectivity index is 0.000000386. The molecule has 3 N–H and O–H groups in total. The molecule has 6 heterocycles. The van der Waals surface area contributed by atoms with Crippen molar-refractivity contribution in [2.75, 3.05) is 67.4 Å². The quantitative estimate of drug-likeness (QED) is 0.0168. The standard InChI is InChI=1S/C37H63NO8.2C30H51NO6.3H2/c1-25(2)15-17-29(39)14-12-10-9-11-13-21-38-35(41)43-23-28(27(5)6)22-32(40)45-30-19-20-37(24-44-37)34(33(30)42-8)36(7)31(46-36)18-16-26(3)4;2*1-21(2)13-15-24-29(5,37-24)28-27(34-6)23(17-18-30(28)20-35-30)36-26(33)12-10-8-7-9-11-19-31-25(32)16-14-22(3)4;;;/h16,25,27-28,30-31,33-34H,9-15,17-24H2,1-8H3,(H,38,41);2*13,22-24,27-28H,7-12,14-20H2,1-6H3,(H,31,32);3*1H/t28-,30?,31+,33?,34?,36-,37-;2*23?,24-,27?,28?,29+,30+;;;/m011.../s1. The van der Waals surface area contributed by atoms with Gasteiger partial charge in [0.1, 0.15) is 76.0 Å². The van der Waals surface area contributed by atoms with Crippen molar-refractivity contribution >= 4 is 41.6 Å². The van der Waals surface area contributed by atoms with E-state index in [-0.39, 0.29) is 165 Å². The largest absolute Gasteiger partial charge is 0.460 e. The number of methoxy groups -OCH3 is 3. The molecule has 0 aromatic heterocycles. The van der Waals surface area contributed by atoms with Gasteiger partial charge in [0.05, 0.1) is 68.9 Å². The van der Waals surface area contributed by atoms with Gasteiger partial charge >= 0.3 is 24.0 Å². The first-order chi connectivity index (χ1) is 57.0. The number of amides is 3. The minimum Gasteiger partial charge on any atom is -0.460 e. The van der Waals surface area contributed by atoms with Crippen molar-refractivity contribution in [2.45, 2.75) is 425 Å².